The molecule has 43 heavy (non-hydrogen) atoms. The third kappa shape index (κ3) is 9.59. The highest BCUT2D eigenvalue weighted by Crippen LogP contribution is 2.29. The fourth-order valence-corrected chi connectivity index (χ4v) is 5.30. The lowest BCUT2D eigenvalue weighted by atomic mass is 10.1. The first-order valence-corrected chi connectivity index (χ1v) is 15.5. The lowest BCUT2D eigenvalue weighted by Crippen LogP contribution is -2.30. The highest BCUT2D eigenvalue weighted by molar-refractivity contribution is 9.10. The van der Waals surface area contributed by atoms with E-state index < -0.39 is 11.8 Å². The molecule has 0 fully saturated rings. The van der Waals surface area contributed by atoms with E-state index in [1.807, 2.05) is 86.6 Å². The first kappa shape index (κ1) is 31.6. The van der Waals surface area contributed by atoms with Gasteiger partial charge in [-0.3, -0.25) is 14.4 Å². The molecule has 0 aliphatic heterocycles. The molecule has 0 heterocycles. The molecule has 4 rings (SSSR count). The molecule has 1 unspecified atom stereocenters. The van der Waals surface area contributed by atoms with Crippen molar-refractivity contribution in [1.82, 2.24) is 5.32 Å². The van der Waals surface area contributed by atoms with Gasteiger partial charge in [0.1, 0.15) is 11.4 Å². The predicted octanol–water partition coefficient (Wildman–Crippen LogP) is 7.77. The first-order chi connectivity index (χ1) is 20.8. The van der Waals surface area contributed by atoms with Crippen LogP contribution in [0.1, 0.15) is 36.2 Å². The minimum atomic E-state index is -0.477. The van der Waals surface area contributed by atoms with E-state index in [4.69, 9.17) is 4.74 Å². The Morgan fingerprint density at radius 2 is 1.56 bits per heavy atom. The van der Waals surface area contributed by atoms with Crippen LogP contribution in [0.2, 0.25) is 0 Å². The van der Waals surface area contributed by atoms with Crippen LogP contribution in [-0.4, -0.2) is 29.6 Å². The number of anilines is 2. The van der Waals surface area contributed by atoms with Crippen LogP contribution in [-0.2, 0) is 9.59 Å². The van der Waals surface area contributed by atoms with Gasteiger partial charge in [0, 0.05) is 26.3 Å². The smallest absolute Gasteiger partial charge is 0.272 e. The second-order valence-corrected chi connectivity index (χ2v) is 11.6. The van der Waals surface area contributed by atoms with E-state index in [1.54, 1.807) is 36.4 Å². The van der Waals surface area contributed by atoms with Gasteiger partial charge in [-0.15, -0.1) is 11.8 Å². The normalized spacial score (nSPS) is 11.7. The molecule has 0 aromatic heterocycles. The lowest BCUT2D eigenvalue weighted by molar-refractivity contribution is -0.116. The van der Waals surface area contributed by atoms with Gasteiger partial charge in [-0.1, -0.05) is 59.3 Å². The molecule has 0 spiro atoms. The molecule has 0 saturated carbocycles. The Hall–Kier alpha value is -4.34. The van der Waals surface area contributed by atoms with E-state index in [0.717, 1.165) is 20.7 Å². The fraction of sp³-hybridized carbons (Fsp3) is 0.147. The Bertz CT molecular complexity index is 1580. The molecule has 0 aliphatic carbocycles. The van der Waals surface area contributed by atoms with Gasteiger partial charge in [0.2, 0.25) is 5.91 Å². The van der Waals surface area contributed by atoms with Gasteiger partial charge in [-0.2, -0.15) is 0 Å². The minimum absolute atomic E-state index is 0.0930. The van der Waals surface area contributed by atoms with Crippen LogP contribution in [0.15, 0.2) is 118 Å². The number of nitrogens with one attached hydrogen (secondary N) is 3. The minimum Gasteiger partial charge on any atom is -0.494 e. The zero-order chi connectivity index (χ0) is 30.6. The van der Waals surface area contributed by atoms with E-state index in [-0.39, 0.29) is 16.9 Å². The number of carbonyl (C=O) groups is 3. The zero-order valence-electron chi connectivity index (χ0n) is 23.8. The van der Waals surface area contributed by atoms with E-state index in [1.165, 1.54) is 11.8 Å². The molecule has 220 valence electrons. The highest BCUT2D eigenvalue weighted by atomic mass is 79.9. The molecule has 0 aliphatic rings. The van der Waals surface area contributed by atoms with Gasteiger partial charge in [-0.25, -0.2) is 0 Å². The summed E-state index contributed by atoms with van der Waals surface area (Å²) in [5.41, 5.74) is 2.50. The average molecular weight is 659 g/mol. The Labute approximate surface area is 264 Å². The van der Waals surface area contributed by atoms with Crippen molar-refractivity contribution < 1.29 is 19.1 Å². The van der Waals surface area contributed by atoms with Crippen LogP contribution in [0.25, 0.3) is 6.08 Å². The van der Waals surface area contributed by atoms with Crippen LogP contribution in [0.3, 0.4) is 0 Å². The van der Waals surface area contributed by atoms with Crippen molar-refractivity contribution in [1.29, 1.82) is 0 Å². The number of benzene rings is 4. The molecule has 0 bridgehead atoms. The van der Waals surface area contributed by atoms with Crippen molar-refractivity contribution in [2.24, 2.45) is 0 Å². The summed E-state index contributed by atoms with van der Waals surface area (Å²) in [5.74, 6) is -0.243. The molecular weight excluding hydrogens is 626 g/mol. The van der Waals surface area contributed by atoms with Crippen molar-refractivity contribution in [3.05, 3.63) is 124 Å². The van der Waals surface area contributed by atoms with Crippen molar-refractivity contribution in [3.8, 4) is 5.75 Å². The Balaban J connectivity index is 1.46. The standard InChI is InChI=1S/C34H32BrN3O4S/c1-3-31(34(41)36-26-17-19-28(20-18-26)42-4-2)43-29-12-8-11-27(22-29)37-33(40)30(21-23-13-15-25(35)16-14-23)38-32(39)24-9-6-5-7-10-24/h5-22,31H,3-4H2,1-2H3,(H,36,41)(H,37,40)(H,38,39)/b30-21-. The summed E-state index contributed by atoms with van der Waals surface area (Å²) < 4.78 is 6.37. The number of hydrogen-bond acceptors (Lipinski definition) is 5. The zero-order valence-corrected chi connectivity index (χ0v) is 26.2. The summed E-state index contributed by atoms with van der Waals surface area (Å²) in [6, 6.07) is 30.6. The predicted molar refractivity (Wildman–Crippen MR) is 177 cm³/mol. The van der Waals surface area contributed by atoms with E-state index in [0.29, 0.717) is 30.0 Å². The van der Waals surface area contributed by atoms with Gasteiger partial charge >= 0.3 is 0 Å². The number of hydrogen-bond donors (Lipinski definition) is 3. The van der Waals surface area contributed by atoms with E-state index >= 15 is 0 Å². The van der Waals surface area contributed by atoms with Gasteiger partial charge in [0.05, 0.1) is 11.9 Å². The quantitative estimate of drug-likeness (QED) is 0.107. The molecular formula is C34H32BrN3O4S. The molecule has 0 radical (unpaired) electrons. The number of amides is 3. The molecule has 4 aromatic carbocycles. The molecule has 1 atom stereocenters. The maximum atomic E-state index is 13.4. The summed E-state index contributed by atoms with van der Waals surface area (Å²) in [4.78, 5) is 40.2. The molecule has 9 heteroatoms. The van der Waals surface area contributed by atoms with Crippen LogP contribution in [0.4, 0.5) is 11.4 Å². The Morgan fingerprint density at radius 1 is 0.837 bits per heavy atom. The molecule has 3 N–H and O–H groups in total. The van der Waals surface area contributed by atoms with Gasteiger partial charge in [0.25, 0.3) is 11.8 Å². The number of carbonyl (C=O) groups excluding carboxylic acids is 3. The largest absolute Gasteiger partial charge is 0.494 e. The molecule has 4 aromatic rings. The maximum Gasteiger partial charge on any atom is 0.272 e. The highest BCUT2D eigenvalue weighted by Gasteiger charge is 2.19. The average Bonchev–Trinajstić information content (AvgIpc) is 3.02. The second-order valence-electron chi connectivity index (χ2n) is 9.37. The van der Waals surface area contributed by atoms with E-state index in [2.05, 4.69) is 31.9 Å². The first-order valence-electron chi connectivity index (χ1n) is 13.8. The van der Waals surface area contributed by atoms with Crippen LogP contribution >= 0.6 is 27.7 Å². The van der Waals surface area contributed by atoms with Gasteiger partial charge < -0.3 is 20.7 Å². The Morgan fingerprint density at radius 3 is 2.23 bits per heavy atom. The molecule has 3 amide bonds. The van der Waals surface area contributed by atoms with Gasteiger partial charge in [-0.05, 0) is 91.7 Å². The van der Waals surface area contributed by atoms with E-state index in [9.17, 15) is 14.4 Å². The Kier molecular flexibility index (Phi) is 11.6. The molecule has 0 saturated heterocycles. The fourth-order valence-electron chi connectivity index (χ4n) is 4.02. The summed E-state index contributed by atoms with van der Waals surface area (Å²) in [6.07, 6.45) is 2.23. The lowest BCUT2D eigenvalue weighted by Gasteiger charge is -2.16. The molecule has 7 nitrogen and oxygen atoms in total. The third-order valence-electron chi connectivity index (χ3n) is 6.18. The van der Waals surface area contributed by atoms with Crippen molar-refractivity contribution in [2.45, 2.75) is 30.4 Å². The third-order valence-corrected chi connectivity index (χ3v) is 8.06. The summed E-state index contributed by atoms with van der Waals surface area (Å²) >= 11 is 4.83. The number of rotatable bonds is 12. The van der Waals surface area contributed by atoms with Crippen molar-refractivity contribution >= 4 is 62.9 Å². The second kappa shape index (κ2) is 15.8. The summed E-state index contributed by atoms with van der Waals surface area (Å²) in [5, 5.41) is 8.26. The van der Waals surface area contributed by atoms with Crippen molar-refractivity contribution in [3.63, 3.8) is 0 Å². The topological polar surface area (TPSA) is 96.5 Å². The maximum absolute atomic E-state index is 13.4. The monoisotopic (exact) mass is 657 g/mol. The van der Waals surface area contributed by atoms with Crippen molar-refractivity contribution in [2.75, 3.05) is 17.2 Å². The van der Waals surface area contributed by atoms with Crippen LogP contribution in [0, 0.1) is 0 Å². The summed E-state index contributed by atoms with van der Waals surface area (Å²) in [7, 11) is 0. The number of halogens is 1. The number of thioether (sulfide) groups is 1. The van der Waals surface area contributed by atoms with Gasteiger partial charge in [0.15, 0.2) is 0 Å². The van der Waals surface area contributed by atoms with Crippen LogP contribution < -0.4 is 20.7 Å². The summed E-state index contributed by atoms with van der Waals surface area (Å²) in [6.45, 7) is 4.45. The SMILES string of the molecule is CCOc1ccc(NC(=O)C(CC)Sc2cccc(NC(=O)/C(=C/c3ccc(Br)cc3)NC(=O)c3ccccc3)c2)cc1. The number of ether oxygens (including phenoxy) is 1. The van der Waals surface area contributed by atoms with Crippen LogP contribution in [0.5, 0.6) is 5.75 Å².